The zero-order valence-electron chi connectivity index (χ0n) is 8.90. The van der Waals surface area contributed by atoms with E-state index in [9.17, 15) is 0 Å². The van der Waals surface area contributed by atoms with E-state index in [1.54, 1.807) is 0 Å². The van der Waals surface area contributed by atoms with Crippen molar-refractivity contribution in [1.82, 2.24) is 9.97 Å². The Balaban J connectivity index is 2.11. The third kappa shape index (κ3) is 2.61. The van der Waals surface area contributed by atoms with Crippen LogP contribution in [0.4, 0.5) is 0 Å². The van der Waals surface area contributed by atoms with Gasteiger partial charge in [-0.15, -0.1) is 11.6 Å². The number of hydrogen-bond acceptors (Lipinski definition) is 3. The van der Waals surface area contributed by atoms with E-state index in [0.717, 1.165) is 23.7 Å². The Morgan fingerprint density at radius 1 is 1.12 bits per heavy atom. The number of nitrogens with zero attached hydrogens (tertiary/aromatic N) is 2. The van der Waals surface area contributed by atoms with Gasteiger partial charge in [-0.25, -0.2) is 9.97 Å². The second-order valence-corrected chi connectivity index (χ2v) is 3.82. The normalized spacial score (nSPS) is 10.6. The van der Waals surface area contributed by atoms with Crippen LogP contribution in [0.25, 0.3) is 10.9 Å². The predicted molar refractivity (Wildman–Crippen MR) is 65.0 cm³/mol. The molecule has 84 valence electrons. The fourth-order valence-electron chi connectivity index (χ4n) is 1.46. The van der Waals surface area contributed by atoms with Crippen molar-refractivity contribution in [3.05, 3.63) is 30.6 Å². The zero-order chi connectivity index (χ0) is 11.2. The molecule has 2 aromatic rings. The first-order valence-corrected chi connectivity index (χ1v) is 5.84. The number of fused-ring (bicyclic) bond motifs is 1. The number of aromatic nitrogens is 2. The van der Waals surface area contributed by atoms with Crippen molar-refractivity contribution in [3.63, 3.8) is 0 Å². The highest BCUT2D eigenvalue weighted by atomic mass is 35.5. The van der Waals surface area contributed by atoms with Crippen molar-refractivity contribution in [3.8, 4) is 5.88 Å². The van der Waals surface area contributed by atoms with Gasteiger partial charge in [0.1, 0.15) is 6.33 Å². The summed E-state index contributed by atoms with van der Waals surface area (Å²) in [6.45, 7) is 0.647. The number of benzene rings is 1. The van der Waals surface area contributed by atoms with Gasteiger partial charge in [0.05, 0.1) is 17.5 Å². The molecule has 0 unspecified atom stereocenters. The first-order valence-electron chi connectivity index (χ1n) is 5.30. The Hall–Kier alpha value is -1.35. The minimum absolute atomic E-state index is 0.647. The number of hydrogen-bond donors (Lipinski definition) is 0. The molecule has 0 N–H and O–H groups in total. The maximum absolute atomic E-state index is 5.61. The monoisotopic (exact) mass is 236 g/mol. The second-order valence-electron chi connectivity index (χ2n) is 3.44. The van der Waals surface area contributed by atoms with Crippen molar-refractivity contribution in [2.75, 3.05) is 12.5 Å². The fraction of sp³-hybridized carbons (Fsp3) is 0.333. The minimum Gasteiger partial charge on any atom is -0.477 e. The van der Waals surface area contributed by atoms with E-state index in [-0.39, 0.29) is 0 Å². The number of para-hydroxylation sites is 1. The van der Waals surface area contributed by atoms with Crippen LogP contribution in [-0.2, 0) is 0 Å². The van der Waals surface area contributed by atoms with Gasteiger partial charge in [0.2, 0.25) is 5.88 Å². The van der Waals surface area contributed by atoms with Gasteiger partial charge >= 0.3 is 0 Å². The van der Waals surface area contributed by atoms with Crippen LogP contribution in [0.1, 0.15) is 12.8 Å². The van der Waals surface area contributed by atoms with E-state index in [0.29, 0.717) is 18.4 Å². The molecule has 0 fully saturated rings. The molecule has 1 aromatic carbocycles. The molecule has 0 spiro atoms. The second kappa shape index (κ2) is 5.66. The molecular formula is C12H13ClN2O. The molecule has 3 nitrogen and oxygen atoms in total. The number of unbranched alkanes of at least 4 members (excludes halogenated alkanes) is 1. The molecule has 0 aliphatic heterocycles. The van der Waals surface area contributed by atoms with Gasteiger partial charge in [-0.2, -0.15) is 0 Å². The molecule has 0 atom stereocenters. The van der Waals surface area contributed by atoms with Crippen molar-refractivity contribution in [2.45, 2.75) is 12.8 Å². The molecule has 2 rings (SSSR count). The molecule has 0 amide bonds. The molecule has 0 radical (unpaired) electrons. The maximum Gasteiger partial charge on any atom is 0.224 e. The van der Waals surface area contributed by atoms with Crippen LogP contribution in [-0.4, -0.2) is 22.5 Å². The van der Waals surface area contributed by atoms with E-state index in [1.165, 1.54) is 6.33 Å². The maximum atomic E-state index is 5.61. The summed E-state index contributed by atoms with van der Waals surface area (Å²) in [5.41, 5.74) is 0.907. The summed E-state index contributed by atoms with van der Waals surface area (Å²) in [6.07, 6.45) is 3.44. The summed E-state index contributed by atoms with van der Waals surface area (Å²) in [5.74, 6) is 1.33. The Labute approximate surface area is 99.4 Å². The lowest BCUT2D eigenvalue weighted by atomic mass is 10.2. The van der Waals surface area contributed by atoms with Crippen LogP contribution in [0.5, 0.6) is 5.88 Å². The van der Waals surface area contributed by atoms with Crippen LogP contribution in [0.3, 0.4) is 0 Å². The number of halogens is 1. The fourth-order valence-corrected chi connectivity index (χ4v) is 1.65. The molecule has 1 heterocycles. The van der Waals surface area contributed by atoms with E-state index < -0.39 is 0 Å². The Morgan fingerprint density at radius 2 is 2.00 bits per heavy atom. The van der Waals surface area contributed by atoms with E-state index >= 15 is 0 Å². The molecule has 0 aliphatic rings. The highest BCUT2D eigenvalue weighted by Gasteiger charge is 2.02. The van der Waals surface area contributed by atoms with Gasteiger partial charge < -0.3 is 4.74 Å². The third-order valence-electron chi connectivity index (χ3n) is 2.27. The Bertz CT molecular complexity index is 456. The van der Waals surface area contributed by atoms with Crippen LogP contribution in [0.15, 0.2) is 30.6 Å². The lowest BCUT2D eigenvalue weighted by molar-refractivity contribution is 0.301. The quantitative estimate of drug-likeness (QED) is 0.591. The highest BCUT2D eigenvalue weighted by Crippen LogP contribution is 2.20. The van der Waals surface area contributed by atoms with Gasteiger partial charge in [0.25, 0.3) is 0 Å². The van der Waals surface area contributed by atoms with E-state index in [2.05, 4.69) is 9.97 Å². The summed E-state index contributed by atoms with van der Waals surface area (Å²) in [6, 6.07) is 7.82. The third-order valence-corrected chi connectivity index (χ3v) is 2.54. The average molecular weight is 237 g/mol. The van der Waals surface area contributed by atoms with Gasteiger partial charge in [-0.1, -0.05) is 12.1 Å². The Kier molecular flexibility index (Phi) is 3.94. The summed E-state index contributed by atoms with van der Waals surface area (Å²) >= 11 is 5.60. The standard InChI is InChI=1S/C12H13ClN2O/c13-7-3-4-8-16-12-10-5-1-2-6-11(10)14-9-15-12/h1-2,5-6,9H,3-4,7-8H2. The number of ether oxygens (including phenoxy) is 1. The molecule has 0 saturated heterocycles. The molecule has 16 heavy (non-hydrogen) atoms. The summed E-state index contributed by atoms with van der Waals surface area (Å²) < 4.78 is 5.61. The topological polar surface area (TPSA) is 35.0 Å². The van der Waals surface area contributed by atoms with Crippen LogP contribution in [0, 0.1) is 0 Å². The molecule has 0 bridgehead atoms. The van der Waals surface area contributed by atoms with Crippen molar-refractivity contribution in [2.24, 2.45) is 0 Å². The predicted octanol–water partition coefficient (Wildman–Crippen LogP) is 3.03. The number of rotatable bonds is 5. The van der Waals surface area contributed by atoms with Crippen molar-refractivity contribution < 1.29 is 4.74 Å². The smallest absolute Gasteiger partial charge is 0.224 e. The molecular weight excluding hydrogens is 224 g/mol. The van der Waals surface area contributed by atoms with Crippen LogP contribution < -0.4 is 4.74 Å². The molecule has 0 aliphatic carbocycles. The van der Waals surface area contributed by atoms with Crippen LogP contribution >= 0.6 is 11.6 Å². The molecule has 4 heteroatoms. The van der Waals surface area contributed by atoms with Gasteiger partial charge in [0, 0.05) is 5.88 Å². The van der Waals surface area contributed by atoms with Gasteiger partial charge in [-0.3, -0.25) is 0 Å². The lowest BCUT2D eigenvalue weighted by Crippen LogP contribution is -2.00. The zero-order valence-corrected chi connectivity index (χ0v) is 9.65. The van der Waals surface area contributed by atoms with Gasteiger partial charge in [-0.05, 0) is 25.0 Å². The Morgan fingerprint density at radius 3 is 2.88 bits per heavy atom. The van der Waals surface area contributed by atoms with E-state index in [4.69, 9.17) is 16.3 Å². The highest BCUT2D eigenvalue weighted by molar-refractivity contribution is 6.17. The summed E-state index contributed by atoms with van der Waals surface area (Å²) in [5, 5.41) is 0.955. The van der Waals surface area contributed by atoms with Gasteiger partial charge in [0.15, 0.2) is 0 Å². The lowest BCUT2D eigenvalue weighted by Gasteiger charge is -2.06. The molecule has 0 saturated carbocycles. The van der Waals surface area contributed by atoms with Crippen LogP contribution in [0.2, 0.25) is 0 Å². The largest absolute Gasteiger partial charge is 0.477 e. The summed E-state index contributed by atoms with van der Waals surface area (Å²) in [4.78, 5) is 8.31. The number of alkyl halides is 1. The summed E-state index contributed by atoms with van der Waals surface area (Å²) in [7, 11) is 0. The minimum atomic E-state index is 0.647. The first-order chi connectivity index (χ1) is 7.92. The van der Waals surface area contributed by atoms with E-state index in [1.807, 2.05) is 24.3 Å². The van der Waals surface area contributed by atoms with Crippen molar-refractivity contribution >= 4 is 22.5 Å². The SMILES string of the molecule is ClCCCCOc1ncnc2ccccc12. The average Bonchev–Trinajstić information content (AvgIpc) is 2.35. The molecule has 1 aromatic heterocycles. The first kappa shape index (κ1) is 11.1. The van der Waals surface area contributed by atoms with Crippen molar-refractivity contribution in [1.29, 1.82) is 0 Å².